The van der Waals surface area contributed by atoms with Crippen LogP contribution in [0, 0.1) is 11.8 Å². The van der Waals surface area contributed by atoms with Crippen molar-refractivity contribution in [3.8, 4) is 23.2 Å². The number of nitrogens with one attached hydrogen (secondary N) is 3. The summed E-state index contributed by atoms with van der Waals surface area (Å²) in [6.45, 7) is 2.16. The zero-order valence-electron chi connectivity index (χ0n) is 28.0. The maximum absolute atomic E-state index is 14.1. The lowest BCUT2D eigenvalue weighted by molar-refractivity contribution is -0.138. The van der Waals surface area contributed by atoms with E-state index in [-0.39, 0.29) is 29.7 Å². The molecule has 0 atom stereocenters. The van der Waals surface area contributed by atoms with Gasteiger partial charge in [-0.1, -0.05) is 24.0 Å². The van der Waals surface area contributed by atoms with Gasteiger partial charge < -0.3 is 31.2 Å². The van der Waals surface area contributed by atoms with Crippen LogP contribution in [-0.4, -0.2) is 76.0 Å². The molecule has 0 unspecified atom stereocenters. The Balaban J connectivity index is 1.15. The van der Waals surface area contributed by atoms with E-state index < -0.39 is 17.8 Å². The highest BCUT2D eigenvalue weighted by Crippen LogP contribution is 2.35. The molecule has 0 saturated carbocycles. The Kier molecular flexibility index (Phi) is 9.81. The van der Waals surface area contributed by atoms with Crippen LogP contribution >= 0.6 is 0 Å². The Morgan fingerprint density at radius 1 is 1.08 bits per heavy atom. The van der Waals surface area contributed by atoms with Crippen LogP contribution in [0.3, 0.4) is 0 Å². The number of piperidine rings is 1. The number of fused-ring (bicyclic) bond motifs is 1. The smallest absolute Gasteiger partial charge is 0.368 e. The maximum Gasteiger partial charge on any atom is 0.416 e. The normalized spacial score (nSPS) is 15.2. The first kappa shape index (κ1) is 34.5. The number of benzene rings is 2. The third-order valence-corrected chi connectivity index (χ3v) is 9.12. The molecule has 0 bridgehead atoms. The summed E-state index contributed by atoms with van der Waals surface area (Å²) in [4.78, 5) is 38.0. The third kappa shape index (κ3) is 7.74. The van der Waals surface area contributed by atoms with Crippen LogP contribution in [0.2, 0.25) is 0 Å². The van der Waals surface area contributed by atoms with Crippen LogP contribution in [0.15, 0.2) is 54.7 Å². The van der Waals surface area contributed by atoms with Crippen molar-refractivity contribution in [3.63, 3.8) is 0 Å². The number of hydrogen-bond acceptors (Lipinski definition) is 7. The first-order valence-electron chi connectivity index (χ1n) is 16.2. The number of aromatic nitrogens is 3. The molecule has 2 aliphatic heterocycles. The minimum atomic E-state index is -4.58. The van der Waals surface area contributed by atoms with E-state index >= 15 is 0 Å². The zero-order chi connectivity index (χ0) is 35.6. The highest BCUT2D eigenvalue weighted by molar-refractivity contribution is 6.00. The van der Waals surface area contributed by atoms with Gasteiger partial charge in [-0.05, 0) is 82.0 Å². The van der Waals surface area contributed by atoms with Crippen LogP contribution in [0.25, 0.3) is 11.4 Å². The number of rotatable bonds is 6. The van der Waals surface area contributed by atoms with Gasteiger partial charge in [-0.25, -0.2) is 14.8 Å². The molecule has 2 aliphatic rings. The molecule has 0 radical (unpaired) electrons. The van der Waals surface area contributed by atoms with Crippen molar-refractivity contribution in [3.05, 3.63) is 88.2 Å². The molecule has 0 spiro atoms. The Bertz CT molecular complexity index is 1990. The Morgan fingerprint density at radius 2 is 1.82 bits per heavy atom. The van der Waals surface area contributed by atoms with Crippen LogP contribution in [-0.2, 0) is 26.2 Å². The van der Waals surface area contributed by atoms with E-state index in [1.54, 1.807) is 30.3 Å². The lowest BCUT2D eigenvalue weighted by Crippen LogP contribution is -2.41. The van der Waals surface area contributed by atoms with E-state index in [9.17, 15) is 22.8 Å². The van der Waals surface area contributed by atoms with Crippen molar-refractivity contribution < 1.29 is 22.8 Å². The maximum atomic E-state index is 14.1. The second-order valence-corrected chi connectivity index (χ2v) is 12.7. The van der Waals surface area contributed by atoms with Gasteiger partial charge in [0.2, 0.25) is 5.95 Å². The zero-order valence-corrected chi connectivity index (χ0v) is 28.0. The number of halogens is 3. The summed E-state index contributed by atoms with van der Waals surface area (Å²) in [7, 11) is 5.89. The lowest BCUT2D eigenvalue weighted by Gasteiger charge is -2.35. The Morgan fingerprint density at radius 3 is 2.52 bits per heavy atom. The van der Waals surface area contributed by atoms with E-state index in [1.807, 2.05) is 30.6 Å². The molecule has 0 aliphatic carbocycles. The topological polar surface area (TPSA) is 133 Å². The van der Waals surface area contributed by atoms with Crippen molar-refractivity contribution in [1.29, 1.82) is 0 Å². The predicted octanol–water partition coefficient (Wildman–Crippen LogP) is 4.94. The first-order valence-corrected chi connectivity index (χ1v) is 16.2. The van der Waals surface area contributed by atoms with Gasteiger partial charge in [-0.2, -0.15) is 13.2 Å². The third-order valence-electron chi connectivity index (χ3n) is 9.12. The highest BCUT2D eigenvalue weighted by atomic mass is 19.4. The molecule has 5 N–H and O–H groups in total. The molecule has 11 nitrogen and oxygen atoms in total. The molecule has 3 amide bonds. The number of anilines is 3. The molecule has 4 aromatic rings. The largest absolute Gasteiger partial charge is 0.416 e. The first-order chi connectivity index (χ1) is 23.9. The van der Waals surface area contributed by atoms with Gasteiger partial charge in [-0.15, -0.1) is 0 Å². The van der Waals surface area contributed by atoms with E-state index in [0.717, 1.165) is 37.7 Å². The van der Waals surface area contributed by atoms with Gasteiger partial charge >= 0.3 is 12.2 Å². The van der Waals surface area contributed by atoms with Gasteiger partial charge in [0.05, 0.1) is 22.4 Å². The molecule has 260 valence electrons. The summed E-state index contributed by atoms with van der Waals surface area (Å²) in [5, 5.41) is 8.04. The van der Waals surface area contributed by atoms with Gasteiger partial charge in [0, 0.05) is 61.4 Å². The van der Waals surface area contributed by atoms with Crippen molar-refractivity contribution in [2.24, 2.45) is 7.05 Å². The number of nitrogens with two attached hydrogens (primary N) is 1. The number of hydrogen-bond donors (Lipinski definition) is 4. The van der Waals surface area contributed by atoms with E-state index in [0.29, 0.717) is 52.8 Å². The summed E-state index contributed by atoms with van der Waals surface area (Å²) < 4.78 is 44.2. The number of carbonyl (C=O) groups is 2. The second-order valence-electron chi connectivity index (χ2n) is 12.7. The number of nitrogens with zero attached hydrogens (tertiary/aromatic N) is 5. The van der Waals surface area contributed by atoms with Gasteiger partial charge in [0.15, 0.2) is 0 Å². The number of nitrogen functional groups attached to an aromatic ring is 1. The summed E-state index contributed by atoms with van der Waals surface area (Å²) in [6, 6.07) is 12.1. The van der Waals surface area contributed by atoms with Crippen LogP contribution < -0.4 is 21.7 Å². The average Bonchev–Trinajstić information content (AvgIpc) is 3.42. The lowest BCUT2D eigenvalue weighted by atomic mass is 10.0. The van der Waals surface area contributed by atoms with Gasteiger partial charge in [0.25, 0.3) is 5.91 Å². The molecular formula is C36H38F3N9O2. The quantitative estimate of drug-likeness (QED) is 0.212. The van der Waals surface area contributed by atoms with Crippen molar-refractivity contribution >= 4 is 29.3 Å². The predicted molar refractivity (Wildman–Crippen MR) is 185 cm³/mol. The Hall–Kier alpha value is -5.39. The summed E-state index contributed by atoms with van der Waals surface area (Å²) in [5.41, 5.74) is 9.36. The van der Waals surface area contributed by atoms with Crippen molar-refractivity contribution in [2.75, 3.05) is 50.1 Å². The fourth-order valence-corrected chi connectivity index (χ4v) is 6.44. The molecular weight excluding hydrogens is 647 g/mol. The number of likely N-dealkylation sites (tertiary alicyclic amines) is 1. The standard InChI is InChI=1S/C36H38F3N9O2/c1-46(2)27-12-15-48(16-13-27)21-24-9-10-26(18-29(24)36(37,38)39)44-35(50)43-25-6-4-5-22(17-25)7-8-23-20-42-34(40)45-32(23)31-19-28-30(47(31)3)11-14-41-33(28)49/h4-6,9-10,17-20,27H,11-16,21H2,1-3H3,(H,41,49)(H2,40,42,45)(H2,43,44,50). The van der Waals surface area contributed by atoms with Crippen molar-refractivity contribution in [1.82, 2.24) is 29.7 Å². The monoisotopic (exact) mass is 685 g/mol. The van der Waals surface area contributed by atoms with Gasteiger partial charge in [-0.3, -0.25) is 9.69 Å². The van der Waals surface area contributed by atoms with E-state index in [4.69, 9.17) is 5.73 Å². The molecule has 2 aromatic heterocycles. The number of amides is 3. The van der Waals surface area contributed by atoms with Crippen LogP contribution in [0.5, 0.6) is 0 Å². The Labute approximate surface area is 288 Å². The van der Waals surface area contributed by atoms with E-state index in [1.165, 1.54) is 18.3 Å². The summed E-state index contributed by atoms with van der Waals surface area (Å²) >= 11 is 0. The highest BCUT2D eigenvalue weighted by Gasteiger charge is 2.34. The fraction of sp³-hybridized carbons (Fsp3) is 0.333. The van der Waals surface area contributed by atoms with Crippen LogP contribution in [0.4, 0.5) is 35.3 Å². The van der Waals surface area contributed by atoms with E-state index in [2.05, 4.69) is 42.7 Å². The molecule has 6 rings (SSSR count). The molecule has 2 aromatic carbocycles. The minimum absolute atomic E-state index is 0.0246. The molecule has 14 heteroatoms. The summed E-state index contributed by atoms with van der Waals surface area (Å²) in [5.74, 6) is 6.03. The minimum Gasteiger partial charge on any atom is -0.368 e. The molecule has 1 saturated heterocycles. The molecule has 50 heavy (non-hydrogen) atoms. The number of alkyl halides is 3. The average molecular weight is 686 g/mol. The summed E-state index contributed by atoms with van der Waals surface area (Å²) in [6.07, 6.45) is -0.595. The fourth-order valence-electron chi connectivity index (χ4n) is 6.44. The van der Waals surface area contributed by atoms with Crippen LogP contribution in [0.1, 0.15) is 51.1 Å². The number of urea groups is 1. The van der Waals surface area contributed by atoms with Gasteiger partial charge in [0.1, 0.15) is 5.69 Å². The number of carbonyl (C=O) groups excluding carboxylic acids is 2. The van der Waals surface area contributed by atoms with Crippen molar-refractivity contribution in [2.45, 2.75) is 38.0 Å². The second kappa shape index (κ2) is 14.2. The SMILES string of the molecule is CN(C)C1CCN(Cc2ccc(NC(=O)Nc3cccc(C#Cc4cnc(N)nc4-c4cc5c(n4C)CCNC5=O)c3)cc2C(F)(F)F)CC1. The molecule has 4 heterocycles. The molecule has 1 fully saturated rings.